The van der Waals surface area contributed by atoms with E-state index >= 15 is 0 Å². The number of benzene rings is 2. The van der Waals surface area contributed by atoms with Crippen molar-refractivity contribution in [2.24, 2.45) is 0 Å². The van der Waals surface area contributed by atoms with Crippen LogP contribution in [-0.2, 0) is 12.4 Å². The molecule has 3 aromatic rings. The highest BCUT2D eigenvalue weighted by Crippen LogP contribution is 2.37. The minimum atomic E-state index is -4.88. The summed E-state index contributed by atoms with van der Waals surface area (Å²) < 4.78 is 78.6. The zero-order valence-electron chi connectivity index (χ0n) is 11.3. The molecule has 1 aromatic heterocycles. The number of hydrogen-bond acceptors (Lipinski definition) is 1. The second kappa shape index (κ2) is 5.00. The van der Waals surface area contributed by atoms with Crippen LogP contribution in [-0.4, -0.2) is 9.55 Å². The van der Waals surface area contributed by atoms with Gasteiger partial charge in [-0.05, 0) is 30.3 Å². The van der Waals surface area contributed by atoms with E-state index in [4.69, 9.17) is 0 Å². The van der Waals surface area contributed by atoms with Crippen molar-refractivity contribution < 1.29 is 26.3 Å². The molecule has 120 valence electrons. The highest BCUT2D eigenvalue weighted by Gasteiger charge is 2.37. The van der Waals surface area contributed by atoms with Gasteiger partial charge in [-0.15, -0.1) is 0 Å². The second-order valence-electron chi connectivity index (χ2n) is 4.87. The van der Waals surface area contributed by atoms with E-state index in [1.165, 1.54) is 10.9 Å². The fourth-order valence-corrected chi connectivity index (χ4v) is 2.24. The monoisotopic (exact) mass is 330 g/mol. The summed E-state index contributed by atoms with van der Waals surface area (Å²) in [4.78, 5) is 3.98. The van der Waals surface area contributed by atoms with E-state index in [1.807, 2.05) is 0 Å². The van der Waals surface area contributed by atoms with Crippen LogP contribution >= 0.6 is 0 Å². The predicted octanol–water partition coefficient (Wildman–Crippen LogP) is 5.06. The van der Waals surface area contributed by atoms with Crippen LogP contribution in [0.25, 0.3) is 16.7 Å². The maximum atomic E-state index is 12.9. The average molecular weight is 330 g/mol. The first kappa shape index (κ1) is 15.4. The van der Waals surface area contributed by atoms with Gasteiger partial charge in [0.25, 0.3) is 0 Å². The summed E-state index contributed by atoms with van der Waals surface area (Å²) >= 11 is 0. The van der Waals surface area contributed by atoms with Gasteiger partial charge in [0.05, 0.1) is 22.2 Å². The molecule has 0 spiro atoms. The Hall–Kier alpha value is -2.51. The number of rotatable bonds is 1. The van der Waals surface area contributed by atoms with E-state index in [9.17, 15) is 26.3 Å². The Labute approximate surface area is 126 Å². The van der Waals surface area contributed by atoms with E-state index in [0.29, 0.717) is 23.2 Å². The molecule has 8 heteroatoms. The lowest BCUT2D eigenvalue weighted by Crippen LogP contribution is -2.12. The molecular formula is C15H8F6N2. The maximum Gasteiger partial charge on any atom is 0.416 e. The molecule has 0 aliphatic rings. The maximum absolute atomic E-state index is 12.9. The summed E-state index contributed by atoms with van der Waals surface area (Å²) in [5.41, 5.74) is -2.08. The fourth-order valence-electron chi connectivity index (χ4n) is 2.24. The molecule has 2 nitrogen and oxygen atoms in total. The molecule has 0 bridgehead atoms. The quantitative estimate of drug-likeness (QED) is 0.570. The molecule has 23 heavy (non-hydrogen) atoms. The van der Waals surface area contributed by atoms with Gasteiger partial charge in [0, 0.05) is 5.69 Å². The molecule has 0 amide bonds. The molecule has 0 saturated carbocycles. The van der Waals surface area contributed by atoms with Gasteiger partial charge in [-0.25, -0.2) is 4.98 Å². The van der Waals surface area contributed by atoms with Crippen molar-refractivity contribution in [1.29, 1.82) is 0 Å². The Morgan fingerprint density at radius 1 is 0.783 bits per heavy atom. The molecule has 0 aliphatic carbocycles. The third-order valence-electron chi connectivity index (χ3n) is 3.30. The fraction of sp³-hybridized carbons (Fsp3) is 0.133. The first-order valence-corrected chi connectivity index (χ1v) is 6.38. The Morgan fingerprint density at radius 2 is 1.35 bits per heavy atom. The van der Waals surface area contributed by atoms with Crippen molar-refractivity contribution >= 4 is 11.0 Å². The molecule has 2 aromatic carbocycles. The van der Waals surface area contributed by atoms with Crippen molar-refractivity contribution in [3.63, 3.8) is 0 Å². The molecule has 0 N–H and O–H groups in total. The van der Waals surface area contributed by atoms with Gasteiger partial charge >= 0.3 is 12.4 Å². The normalized spacial score (nSPS) is 12.8. The first-order chi connectivity index (χ1) is 10.7. The van der Waals surface area contributed by atoms with Crippen LogP contribution in [0, 0.1) is 0 Å². The Kier molecular flexibility index (Phi) is 3.35. The van der Waals surface area contributed by atoms with Crippen LogP contribution in [0.2, 0.25) is 0 Å². The van der Waals surface area contributed by atoms with Gasteiger partial charge in [-0.2, -0.15) is 26.3 Å². The van der Waals surface area contributed by atoms with Crippen molar-refractivity contribution in [3.8, 4) is 5.69 Å². The molecule has 3 rings (SSSR count). The zero-order valence-corrected chi connectivity index (χ0v) is 11.3. The first-order valence-electron chi connectivity index (χ1n) is 6.38. The smallest absolute Gasteiger partial charge is 0.299 e. The lowest BCUT2D eigenvalue weighted by Gasteiger charge is -2.15. The Morgan fingerprint density at radius 3 is 1.91 bits per heavy atom. The standard InChI is InChI=1S/C15H8F6N2/c16-14(17,18)9-5-10(15(19,20)21)7-11(6-9)23-8-22-12-3-1-2-4-13(12)23/h1-8H. The summed E-state index contributed by atoms with van der Waals surface area (Å²) in [5.74, 6) is 0. The van der Waals surface area contributed by atoms with Crippen LogP contribution < -0.4 is 0 Å². The number of alkyl halides is 6. The number of imidazole rings is 1. The highest BCUT2D eigenvalue weighted by molar-refractivity contribution is 5.77. The van der Waals surface area contributed by atoms with E-state index in [2.05, 4.69) is 4.98 Å². The van der Waals surface area contributed by atoms with Crippen LogP contribution in [0.5, 0.6) is 0 Å². The number of para-hydroxylation sites is 2. The van der Waals surface area contributed by atoms with Gasteiger partial charge < -0.3 is 0 Å². The van der Waals surface area contributed by atoms with Gasteiger partial charge in [-0.3, -0.25) is 4.57 Å². The SMILES string of the molecule is FC(F)(F)c1cc(-n2cnc3ccccc32)cc(C(F)(F)F)c1. The largest absolute Gasteiger partial charge is 0.416 e. The number of halogens is 6. The Balaban J connectivity index is 2.26. The third-order valence-corrected chi connectivity index (χ3v) is 3.30. The minimum Gasteiger partial charge on any atom is -0.299 e. The van der Waals surface area contributed by atoms with Gasteiger partial charge in [-0.1, -0.05) is 12.1 Å². The number of fused-ring (bicyclic) bond motifs is 1. The van der Waals surface area contributed by atoms with E-state index in [-0.39, 0.29) is 11.8 Å². The van der Waals surface area contributed by atoms with Crippen LogP contribution in [0.4, 0.5) is 26.3 Å². The van der Waals surface area contributed by atoms with E-state index < -0.39 is 23.5 Å². The topological polar surface area (TPSA) is 17.8 Å². The highest BCUT2D eigenvalue weighted by atomic mass is 19.4. The van der Waals surface area contributed by atoms with Crippen molar-refractivity contribution in [2.75, 3.05) is 0 Å². The molecule has 0 aliphatic heterocycles. The number of hydrogen-bond donors (Lipinski definition) is 0. The molecule has 0 radical (unpaired) electrons. The number of nitrogens with zero attached hydrogens (tertiary/aromatic N) is 2. The molecule has 0 saturated heterocycles. The Bertz CT molecular complexity index is 828. The van der Waals surface area contributed by atoms with E-state index in [1.54, 1.807) is 24.3 Å². The summed E-state index contributed by atoms with van der Waals surface area (Å²) in [6, 6.07) is 7.92. The predicted molar refractivity (Wildman–Crippen MR) is 71.1 cm³/mol. The second-order valence-corrected chi connectivity index (χ2v) is 4.87. The number of aromatic nitrogens is 2. The van der Waals surface area contributed by atoms with Gasteiger partial charge in [0.1, 0.15) is 6.33 Å². The minimum absolute atomic E-state index is 0.0998. The van der Waals surface area contributed by atoms with Crippen molar-refractivity contribution in [2.45, 2.75) is 12.4 Å². The molecule has 0 fully saturated rings. The van der Waals surface area contributed by atoms with Crippen LogP contribution in [0.15, 0.2) is 48.8 Å². The molecular weight excluding hydrogens is 322 g/mol. The average Bonchev–Trinajstić information content (AvgIpc) is 2.89. The summed E-state index contributed by atoms with van der Waals surface area (Å²) in [6.07, 6.45) is -8.57. The summed E-state index contributed by atoms with van der Waals surface area (Å²) in [7, 11) is 0. The summed E-state index contributed by atoms with van der Waals surface area (Å²) in [6.45, 7) is 0. The lowest BCUT2D eigenvalue weighted by atomic mass is 10.1. The zero-order chi connectivity index (χ0) is 16.8. The van der Waals surface area contributed by atoms with E-state index in [0.717, 1.165) is 0 Å². The van der Waals surface area contributed by atoms with Crippen molar-refractivity contribution in [1.82, 2.24) is 9.55 Å². The lowest BCUT2D eigenvalue weighted by molar-refractivity contribution is -0.143. The van der Waals surface area contributed by atoms with Gasteiger partial charge in [0.2, 0.25) is 0 Å². The van der Waals surface area contributed by atoms with Gasteiger partial charge in [0.15, 0.2) is 0 Å². The molecule has 0 atom stereocenters. The van der Waals surface area contributed by atoms with Crippen molar-refractivity contribution in [3.05, 3.63) is 59.9 Å². The molecule has 0 unspecified atom stereocenters. The van der Waals surface area contributed by atoms with Crippen LogP contribution in [0.3, 0.4) is 0 Å². The molecule has 1 heterocycles. The third kappa shape index (κ3) is 2.88. The van der Waals surface area contributed by atoms with Crippen LogP contribution in [0.1, 0.15) is 11.1 Å². The summed E-state index contributed by atoms with van der Waals surface area (Å²) in [5, 5.41) is 0.